The minimum absolute atomic E-state index is 0.227. The van der Waals surface area contributed by atoms with Crippen molar-refractivity contribution >= 4 is 11.6 Å². The van der Waals surface area contributed by atoms with Gasteiger partial charge in [-0.2, -0.15) is 0 Å². The molecule has 20 heavy (non-hydrogen) atoms. The summed E-state index contributed by atoms with van der Waals surface area (Å²) in [4.78, 5) is 0. The molecule has 3 unspecified atom stereocenters. The van der Waals surface area contributed by atoms with Crippen LogP contribution in [0.2, 0.25) is 5.02 Å². The van der Waals surface area contributed by atoms with Crippen LogP contribution in [-0.2, 0) is 11.2 Å². The number of nitrogens with one attached hydrogen (secondary N) is 1. The molecule has 0 saturated carbocycles. The second kappa shape index (κ2) is 7.39. The molecule has 1 aliphatic rings. The van der Waals surface area contributed by atoms with Gasteiger partial charge in [-0.15, -0.1) is 0 Å². The van der Waals surface area contributed by atoms with Crippen LogP contribution in [0.4, 0.5) is 4.39 Å². The number of hydrogen-bond acceptors (Lipinski definition) is 2. The van der Waals surface area contributed by atoms with Crippen LogP contribution in [0, 0.1) is 11.7 Å². The summed E-state index contributed by atoms with van der Waals surface area (Å²) in [7, 11) is 0. The third-order valence-electron chi connectivity index (χ3n) is 3.90. The van der Waals surface area contributed by atoms with Crippen molar-refractivity contribution in [2.24, 2.45) is 5.92 Å². The van der Waals surface area contributed by atoms with E-state index in [9.17, 15) is 4.39 Å². The molecule has 2 rings (SSSR count). The molecule has 4 heteroatoms. The Morgan fingerprint density at radius 1 is 1.50 bits per heavy atom. The van der Waals surface area contributed by atoms with Gasteiger partial charge in [-0.1, -0.05) is 18.5 Å². The van der Waals surface area contributed by atoms with Crippen molar-refractivity contribution in [1.82, 2.24) is 5.32 Å². The molecule has 0 aliphatic carbocycles. The van der Waals surface area contributed by atoms with E-state index in [1.807, 2.05) is 0 Å². The molecule has 1 saturated heterocycles. The number of rotatable bonds is 6. The second-order valence-corrected chi connectivity index (χ2v) is 6.05. The van der Waals surface area contributed by atoms with E-state index in [0.29, 0.717) is 23.1 Å². The molecule has 112 valence electrons. The summed E-state index contributed by atoms with van der Waals surface area (Å²) < 4.78 is 19.1. The Morgan fingerprint density at radius 2 is 2.30 bits per heavy atom. The van der Waals surface area contributed by atoms with Gasteiger partial charge in [-0.05, 0) is 56.5 Å². The first-order valence-corrected chi connectivity index (χ1v) is 7.76. The van der Waals surface area contributed by atoms with Crippen LogP contribution in [0.15, 0.2) is 18.2 Å². The normalized spacial score (nSPS) is 24.0. The average Bonchev–Trinajstić information content (AvgIpc) is 2.85. The third kappa shape index (κ3) is 4.18. The standard InChI is InChI=1S/C16H23ClFNO/c1-3-6-19-16(13-7-11(2)20-10-13)9-12-8-14(18)4-5-15(12)17/h4-5,8,11,13,16,19H,3,6-7,9-10H2,1-2H3. The van der Waals surface area contributed by atoms with Crippen LogP contribution in [-0.4, -0.2) is 25.3 Å². The smallest absolute Gasteiger partial charge is 0.123 e. The van der Waals surface area contributed by atoms with Crippen LogP contribution < -0.4 is 5.32 Å². The summed E-state index contributed by atoms with van der Waals surface area (Å²) in [5.41, 5.74) is 0.875. The summed E-state index contributed by atoms with van der Waals surface area (Å²) >= 11 is 6.18. The maximum absolute atomic E-state index is 13.4. The molecular weight excluding hydrogens is 277 g/mol. The average molecular weight is 300 g/mol. The van der Waals surface area contributed by atoms with E-state index in [2.05, 4.69) is 19.2 Å². The van der Waals surface area contributed by atoms with Crippen molar-refractivity contribution < 1.29 is 9.13 Å². The van der Waals surface area contributed by atoms with Crippen LogP contribution in [0.5, 0.6) is 0 Å². The van der Waals surface area contributed by atoms with Crippen LogP contribution >= 0.6 is 11.6 Å². The van der Waals surface area contributed by atoms with Gasteiger partial charge in [0.1, 0.15) is 5.82 Å². The predicted molar refractivity (Wildman–Crippen MR) is 80.7 cm³/mol. The van der Waals surface area contributed by atoms with E-state index in [1.54, 1.807) is 12.1 Å². The van der Waals surface area contributed by atoms with E-state index in [4.69, 9.17) is 16.3 Å². The Labute approximate surface area is 125 Å². The molecule has 1 fully saturated rings. The molecule has 1 aromatic rings. The van der Waals surface area contributed by atoms with Gasteiger partial charge in [-0.25, -0.2) is 4.39 Å². The summed E-state index contributed by atoms with van der Waals surface area (Å²) in [6, 6.07) is 4.87. The molecule has 0 amide bonds. The van der Waals surface area contributed by atoms with Crippen molar-refractivity contribution in [3.8, 4) is 0 Å². The zero-order valence-corrected chi connectivity index (χ0v) is 12.9. The fourth-order valence-corrected chi connectivity index (χ4v) is 3.00. The Bertz CT molecular complexity index is 440. The summed E-state index contributed by atoms with van der Waals surface area (Å²) in [6.45, 7) is 5.98. The Kier molecular flexibility index (Phi) is 5.82. The number of ether oxygens (including phenoxy) is 1. The van der Waals surface area contributed by atoms with Gasteiger partial charge in [0.05, 0.1) is 12.7 Å². The zero-order valence-electron chi connectivity index (χ0n) is 12.2. The Balaban J connectivity index is 2.08. The van der Waals surface area contributed by atoms with Crippen molar-refractivity contribution in [1.29, 1.82) is 0 Å². The summed E-state index contributed by atoms with van der Waals surface area (Å²) in [6.07, 6.45) is 3.19. The second-order valence-electron chi connectivity index (χ2n) is 5.64. The van der Waals surface area contributed by atoms with Gasteiger partial charge >= 0.3 is 0 Å². The fourth-order valence-electron chi connectivity index (χ4n) is 2.80. The molecule has 0 spiro atoms. The lowest BCUT2D eigenvalue weighted by Gasteiger charge is -2.24. The van der Waals surface area contributed by atoms with E-state index < -0.39 is 0 Å². The molecule has 0 aromatic heterocycles. The van der Waals surface area contributed by atoms with Crippen molar-refractivity contribution in [3.05, 3.63) is 34.6 Å². The topological polar surface area (TPSA) is 21.3 Å². The molecule has 2 nitrogen and oxygen atoms in total. The molecular formula is C16H23ClFNO. The van der Waals surface area contributed by atoms with Crippen LogP contribution in [0.25, 0.3) is 0 Å². The molecule has 1 aliphatic heterocycles. The molecule has 1 aromatic carbocycles. The highest BCUT2D eigenvalue weighted by Crippen LogP contribution is 2.27. The van der Waals surface area contributed by atoms with Gasteiger partial charge in [0.15, 0.2) is 0 Å². The minimum Gasteiger partial charge on any atom is -0.378 e. The van der Waals surface area contributed by atoms with Crippen LogP contribution in [0.3, 0.4) is 0 Å². The van der Waals surface area contributed by atoms with E-state index in [0.717, 1.165) is 38.0 Å². The van der Waals surface area contributed by atoms with E-state index >= 15 is 0 Å². The van der Waals surface area contributed by atoms with Gasteiger partial charge in [0.25, 0.3) is 0 Å². The van der Waals surface area contributed by atoms with Crippen LogP contribution in [0.1, 0.15) is 32.3 Å². The van der Waals surface area contributed by atoms with Crippen molar-refractivity contribution in [3.63, 3.8) is 0 Å². The molecule has 1 heterocycles. The van der Waals surface area contributed by atoms with Gasteiger partial charge in [0, 0.05) is 17.0 Å². The first-order valence-electron chi connectivity index (χ1n) is 7.39. The van der Waals surface area contributed by atoms with Gasteiger partial charge in [-0.3, -0.25) is 0 Å². The summed E-state index contributed by atoms with van der Waals surface area (Å²) in [5.74, 6) is 0.241. The maximum atomic E-state index is 13.4. The monoisotopic (exact) mass is 299 g/mol. The van der Waals surface area contributed by atoms with Gasteiger partial charge in [0.2, 0.25) is 0 Å². The predicted octanol–water partition coefficient (Wildman–Crippen LogP) is 3.81. The highest BCUT2D eigenvalue weighted by Gasteiger charge is 2.29. The Hall–Kier alpha value is -0.640. The third-order valence-corrected chi connectivity index (χ3v) is 4.27. The van der Waals surface area contributed by atoms with E-state index in [-0.39, 0.29) is 5.82 Å². The SMILES string of the molecule is CCCNC(Cc1cc(F)ccc1Cl)C1COC(C)C1. The highest BCUT2D eigenvalue weighted by molar-refractivity contribution is 6.31. The molecule has 1 N–H and O–H groups in total. The molecule has 3 atom stereocenters. The van der Waals surface area contributed by atoms with Crippen molar-refractivity contribution in [2.75, 3.05) is 13.2 Å². The maximum Gasteiger partial charge on any atom is 0.123 e. The zero-order chi connectivity index (χ0) is 14.5. The molecule has 0 bridgehead atoms. The number of hydrogen-bond donors (Lipinski definition) is 1. The quantitative estimate of drug-likeness (QED) is 0.862. The molecule has 0 radical (unpaired) electrons. The lowest BCUT2D eigenvalue weighted by Crippen LogP contribution is -2.39. The Morgan fingerprint density at radius 3 is 2.95 bits per heavy atom. The summed E-state index contributed by atoms with van der Waals surface area (Å²) in [5, 5.41) is 4.21. The largest absolute Gasteiger partial charge is 0.378 e. The number of benzene rings is 1. The lowest BCUT2D eigenvalue weighted by molar-refractivity contribution is 0.117. The lowest BCUT2D eigenvalue weighted by atomic mass is 9.91. The minimum atomic E-state index is -0.227. The first kappa shape index (κ1) is 15.7. The first-order chi connectivity index (χ1) is 9.60. The highest BCUT2D eigenvalue weighted by atomic mass is 35.5. The van der Waals surface area contributed by atoms with Crippen molar-refractivity contribution in [2.45, 2.75) is 45.3 Å². The number of halogens is 2. The fraction of sp³-hybridized carbons (Fsp3) is 0.625. The van der Waals surface area contributed by atoms with E-state index in [1.165, 1.54) is 6.07 Å². The van der Waals surface area contributed by atoms with Gasteiger partial charge < -0.3 is 10.1 Å².